The molecule has 0 fully saturated rings. The van der Waals surface area contributed by atoms with E-state index in [0.717, 1.165) is 12.4 Å². The molecule has 1 aromatic carbocycles. The largest absolute Gasteiger partial charge is 0.354 e. The van der Waals surface area contributed by atoms with Gasteiger partial charge in [-0.15, -0.1) is 0 Å². The number of hydrogen-bond acceptors (Lipinski definition) is 6. The van der Waals surface area contributed by atoms with Crippen LogP contribution in [0.15, 0.2) is 29.6 Å². The smallest absolute Gasteiger partial charge is 0.333 e. The second-order valence-corrected chi connectivity index (χ2v) is 8.78. The first-order valence-corrected chi connectivity index (χ1v) is 10.7. The second kappa shape index (κ2) is 9.16. The average Bonchev–Trinajstić information content (AvgIpc) is 2.67. The van der Waals surface area contributed by atoms with Gasteiger partial charge in [0, 0.05) is 18.8 Å². The molecule has 0 bridgehead atoms. The van der Waals surface area contributed by atoms with Gasteiger partial charge in [-0.3, -0.25) is 4.79 Å². The van der Waals surface area contributed by atoms with Gasteiger partial charge in [-0.2, -0.15) is 8.42 Å². The SMILES string of the molecule is CNC(=O)c1cc(S(=O)(=O)NC(=O)Nc2c(C(C)C)cc(F)cc2C(C)C)ncn1. The predicted octanol–water partition coefficient (Wildman–Crippen LogP) is 2.73. The molecule has 0 aliphatic carbocycles. The van der Waals surface area contributed by atoms with Crippen LogP contribution in [0.4, 0.5) is 14.9 Å². The van der Waals surface area contributed by atoms with E-state index in [0.29, 0.717) is 16.8 Å². The second-order valence-electron chi connectivity index (χ2n) is 7.15. The van der Waals surface area contributed by atoms with Gasteiger partial charge in [-0.25, -0.2) is 23.9 Å². The standard InChI is InChI=1S/C19H24FN5O4S/c1-10(2)13-6-12(20)7-14(11(3)4)17(13)24-19(27)25-30(28,29)16-8-15(18(26)21-5)22-9-23-16/h6-11H,1-5H3,(H,21,26)(H2,24,25,27). The van der Waals surface area contributed by atoms with Gasteiger partial charge in [0.1, 0.15) is 17.8 Å². The van der Waals surface area contributed by atoms with Crippen molar-refractivity contribution in [1.29, 1.82) is 0 Å². The Balaban J connectivity index is 2.35. The molecule has 0 unspecified atom stereocenters. The van der Waals surface area contributed by atoms with Crippen LogP contribution in [0.3, 0.4) is 0 Å². The maximum absolute atomic E-state index is 14.0. The maximum Gasteiger partial charge on any atom is 0.333 e. The molecule has 0 saturated carbocycles. The number of halogens is 1. The molecule has 9 nitrogen and oxygen atoms in total. The summed E-state index contributed by atoms with van der Waals surface area (Å²) in [6.07, 6.45) is 0.907. The minimum Gasteiger partial charge on any atom is -0.354 e. The lowest BCUT2D eigenvalue weighted by molar-refractivity contribution is 0.0957. The maximum atomic E-state index is 14.0. The van der Waals surface area contributed by atoms with Gasteiger partial charge >= 0.3 is 6.03 Å². The van der Waals surface area contributed by atoms with Crippen LogP contribution >= 0.6 is 0 Å². The summed E-state index contributed by atoms with van der Waals surface area (Å²) in [4.78, 5) is 31.5. The van der Waals surface area contributed by atoms with Crippen LogP contribution in [0.1, 0.15) is 61.1 Å². The van der Waals surface area contributed by atoms with Gasteiger partial charge in [0.2, 0.25) is 0 Å². The van der Waals surface area contributed by atoms with E-state index in [1.165, 1.54) is 19.2 Å². The fourth-order valence-corrected chi connectivity index (χ4v) is 3.61. The summed E-state index contributed by atoms with van der Waals surface area (Å²) < 4.78 is 40.9. The molecule has 0 spiro atoms. The number of carbonyl (C=O) groups is 2. The van der Waals surface area contributed by atoms with E-state index in [1.54, 1.807) is 0 Å². The van der Waals surface area contributed by atoms with Gasteiger partial charge in [0.25, 0.3) is 15.9 Å². The number of urea groups is 1. The van der Waals surface area contributed by atoms with E-state index in [4.69, 9.17) is 0 Å². The van der Waals surface area contributed by atoms with Crippen LogP contribution in [-0.4, -0.2) is 37.4 Å². The molecule has 3 amide bonds. The van der Waals surface area contributed by atoms with E-state index in [9.17, 15) is 22.4 Å². The number of sulfonamides is 1. The Morgan fingerprint density at radius 2 is 1.57 bits per heavy atom. The Hall–Kier alpha value is -3.08. The van der Waals surface area contributed by atoms with E-state index in [2.05, 4.69) is 20.6 Å². The molecule has 2 rings (SSSR count). The Bertz CT molecular complexity index is 1040. The van der Waals surface area contributed by atoms with Crippen molar-refractivity contribution in [3.05, 3.63) is 47.2 Å². The van der Waals surface area contributed by atoms with Crippen LogP contribution < -0.4 is 15.4 Å². The average molecular weight is 437 g/mol. The number of aromatic nitrogens is 2. The molecule has 0 atom stereocenters. The van der Waals surface area contributed by atoms with Crippen LogP contribution in [0.5, 0.6) is 0 Å². The summed E-state index contributed by atoms with van der Waals surface area (Å²) in [7, 11) is -3.02. The lowest BCUT2D eigenvalue weighted by Gasteiger charge is -2.20. The van der Waals surface area contributed by atoms with E-state index in [-0.39, 0.29) is 17.5 Å². The number of nitrogens with one attached hydrogen (secondary N) is 3. The molecule has 3 N–H and O–H groups in total. The van der Waals surface area contributed by atoms with Gasteiger partial charge < -0.3 is 10.6 Å². The molecule has 0 radical (unpaired) electrons. The van der Waals surface area contributed by atoms with Gasteiger partial charge in [-0.05, 0) is 35.1 Å². The van der Waals surface area contributed by atoms with Gasteiger partial charge in [0.15, 0.2) is 5.03 Å². The summed E-state index contributed by atoms with van der Waals surface area (Å²) in [6, 6.07) is 2.53. The molecule has 30 heavy (non-hydrogen) atoms. The summed E-state index contributed by atoms with van der Waals surface area (Å²) in [6.45, 7) is 7.33. The highest BCUT2D eigenvalue weighted by atomic mass is 32.2. The highest BCUT2D eigenvalue weighted by Gasteiger charge is 2.24. The molecular weight excluding hydrogens is 413 g/mol. The minimum absolute atomic E-state index is 0.123. The van der Waals surface area contributed by atoms with Crippen molar-refractivity contribution in [2.75, 3.05) is 12.4 Å². The van der Waals surface area contributed by atoms with Crippen molar-refractivity contribution < 1.29 is 22.4 Å². The van der Waals surface area contributed by atoms with Crippen molar-refractivity contribution in [3.63, 3.8) is 0 Å². The fourth-order valence-electron chi connectivity index (χ4n) is 2.76. The molecule has 0 saturated heterocycles. The third-order valence-electron chi connectivity index (χ3n) is 4.25. The molecule has 1 aromatic heterocycles. The molecule has 0 aliphatic heterocycles. The summed E-state index contributed by atoms with van der Waals surface area (Å²) in [5.74, 6) is -1.29. The monoisotopic (exact) mass is 437 g/mol. The fraction of sp³-hybridized carbons (Fsp3) is 0.368. The van der Waals surface area contributed by atoms with Gasteiger partial charge in [0.05, 0.1) is 0 Å². The zero-order valence-corrected chi connectivity index (χ0v) is 18.1. The Morgan fingerprint density at radius 1 is 1.00 bits per heavy atom. The molecular formula is C19H24FN5O4S. The van der Waals surface area contributed by atoms with E-state index in [1.807, 2.05) is 32.4 Å². The highest BCUT2D eigenvalue weighted by molar-refractivity contribution is 7.90. The molecule has 11 heteroatoms. The lowest BCUT2D eigenvalue weighted by Crippen LogP contribution is -2.35. The van der Waals surface area contributed by atoms with Crippen LogP contribution in [0, 0.1) is 5.82 Å². The van der Waals surface area contributed by atoms with Crippen LogP contribution in [-0.2, 0) is 10.0 Å². The highest BCUT2D eigenvalue weighted by Crippen LogP contribution is 2.33. The number of hydrogen-bond donors (Lipinski definition) is 3. The number of anilines is 1. The number of amides is 3. The first-order valence-electron chi connectivity index (χ1n) is 9.17. The minimum atomic E-state index is -4.39. The van der Waals surface area contributed by atoms with Crippen molar-refractivity contribution in [2.45, 2.75) is 44.6 Å². The normalized spacial score (nSPS) is 11.5. The topological polar surface area (TPSA) is 130 Å². The van der Waals surface area contributed by atoms with Crippen LogP contribution in [0.25, 0.3) is 0 Å². The summed E-state index contributed by atoms with van der Waals surface area (Å²) in [5, 5.41) is 4.30. The third kappa shape index (κ3) is 5.29. The van der Waals surface area contributed by atoms with Crippen molar-refractivity contribution in [2.24, 2.45) is 0 Å². The van der Waals surface area contributed by atoms with Gasteiger partial charge in [-0.1, -0.05) is 27.7 Å². The van der Waals surface area contributed by atoms with E-state index < -0.39 is 32.8 Å². The quantitative estimate of drug-likeness (QED) is 0.596. The first-order chi connectivity index (χ1) is 14.0. The van der Waals surface area contributed by atoms with E-state index >= 15 is 0 Å². The van der Waals surface area contributed by atoms with Crippen molar-refractivity contribution >= 4 is 27.6 Å². The van der Waals surface area contributed by atoms with Crippen LogP contribution in [0.2, 0.25) is 0 Å². The summed E-state index contributed by atoms with van der Waals surface area (Å²) in [5.41, 5.74) is 1.25. The van der Waals surface area contributed by atoms with Crippen molar-refractivity contribution in [1.82, 2.24) is 20.0 Å². The first kappa shape index (κ1) is 23.2. The summed E-state index contributed by atoms with van der Waals surface area (Å²) >= 11 is 0. The molecule has 0 aliphatic rings. The molecule has 1 heterocycles. The Morgan fingerprint density at radius 3 is 2.07 bits per heavy atom. The predicted molar refractivity (Wildman–Crippen MR) is 109 cm³/mol. The molecule has 162 valence electrons. The number of rotatable bonds is 6. The Kier molecular flexibility index (Phi) is 7.08. The Labute approximate surface area is 174 Å². The third-order valence-corrected chi connectivity index (χ3v) is 5.48. The lowest BCUT2D eigenvalue weighted by atomic mass is 9.92. The number of carbonyl (C=O) groups excluding carboxylic acids is 2. The molecule has 2 aromatic rings. The number of nitrogens with zero attached hydrogens (tertiary/aromatic N) is 2. The zero-order chi connectivity index (χ0) is 22.6. The zero-order valence-electron chi connectivity index (χ0n) is 17.3. The van der Waals surface area contributed by atoms with Crippen molar-refractivity contribution in [3.8, 4) is 0 Å². The number of benzene rings is 1.